The van der Waals surface area contributed by atoms with E-state index in [9.17, 15) is 31.1 Å². The predicted octanol–water partition coefficient (Wildman–Crippen LogP) is 6.13. The third-order valence-electron chi connectivity index (χ3n) is 4.23. The van der Waals surface area contributed by atoms with Gasteiger partial charge in [-0.2, -0.15) is 26.3 Å². The van der Waals surface area contributed by atoms with E-state index < -0.39 is 35.1 Å². The molecule has 0 unspecified atom stereocenters. The number of carbonyl (C=O) groups is 1. The Bertz CT molecular complexity index is 1090. The maximum Gasteiger partial charge on any atom is 0.416 e. The van der Waals surface area contributed by atoms with Gasteiger partial charge in [0.2, 0.25) is 5.95 Å². The second kappa shape index (κ2) is 8.48. The Morgan fingerprint density at radius 2 is 1.25 bits per heavy atom. The SMILES string of the molecule is Cc1cc(C)nc(Nc2ccc(C(=O)Nc3cc(C(F)(F)F)cc(C(F)(F)F)c3)cc2)n1. The van der Waals surface area contributed by atoms with Gasteiger partial charge in [-0.3, -0.25) is 4.79 Å². The van der Waals surface area contributed by atoms with Crippen molar-refractivity contribution in [1.82, 2.24) is 9.97 Å². The van der Waals surface area contributed by atoms with Gasteiger partial charge >= 0.3 is 12.4 Å². The zero-order chi connectivity index (χ0) is 23.7. The van der Waals surface area contributed by atoms with Crippen molar-refractivity contribution in [2.45, 2.75) is 26.2 Å². The third kappa shape index (κ3) is 5.74. The summed E-state index contributed by atoms with van der Waals surface area (Å²) in [6, 6.07) is 8.40. The molecule has 0 atom stereocenters. The molecule has 0 saturated carbocycles. The summed E-state index contributed by atoms with van der Waals surface area (Å²) in [5.41, 5.74) is -1.60. The van der Waals surface area contributed by atoms with Gasteiger partial charge in [-0.1, -0.05) is 0 Å². The number of anilines is 3. The minimum absolute atomic E-state index is 0.00873. The van der Waals surface area contributed by atoms with Crippen molar-refractivity contribution >= 4 is 23.2 Å². The first-order valence-corrected chi connectivity index (χ1v) is 9.11. The molecule has 3 rings (SSSR count). The van der Waals surface area contributed by atoms with Crippen LogP contribution in [-0.2, 0) is 12.4 Å². The van der Waals surface area contributed by atoms with E-state index in [1.54, 1.807) is 19.9 Å². The number of carbonyl (C=O) groups excluding carboxylic acids is 1. The maximum atomic E-state index is 13.0. The molecule has 0 radical (unpaired) electrons. The first-order valence-electron chi connectivity index (χ1n) is 9.11. The fraction of sp³-hybridized carbons (Fsp3) is 0.190. The Hall–Kier alpha value is -3.63. The van der Waals surface area contributed by atoms with Crippen molar-refractivity contribution in [1.29, 1.82) is 0 Å². The van der Waals surface area contributed by atoms with Gasteiger partial charge in [-0.25, -0.2) is 9.97 Å². The molecule has 5 nitrogen and oxygen atoms in total. The van der Waals surface area contributed by atoms with E-state index in [2.05, 4.69) is 20.6 Å². The van der Waals surface area contributed by atoms with Gasteiger partial charge in [0, 0.05) is 28.3 Å². The topological polar surface area (TPSA) is 66.9 Å². The van der Waals surface area contributed by atoms with Gasteiger partial charge < -0.3 is 10.6 Å². The summed E-state index contributed by atoms with van der Waals surface area (Å²) in [5, 5.41) is 5.03. The molecule has 3 aromatic rings. The second-order valence-electron chi connectivity index (χ2n) is 6.93. The van der Waals surface area contributed by atoms with Crippen molar-refractivity contribution in [3.63, 3.8) is 0 Å². The number of hydrogen-bond donors (Lipinski definition) is 2. The molecule has 32 heavy (non-hydrogen) atoms. The molecule has 2 aromatic carbocycles. The van der Waals surface area contributed by atoms with Crippen LogP contribution in [0.25, 0.3) is 0 Å². The number of rotatable bonds is 4. The average Bonchev–Trinajstić information content (AvgIpc) is 2.66. The highest BCUT2D eigenvalue weighted by atomic mass is 19.4. The molecule has 1 aromatic heterocycles. The largest absolute Gasteiger partial charge is 0.416 e. The lowest BCUT2D eigenvalue weighted by atomic mass is 10.1. The van der Waals surface area contributed by atoms with E-state index in [1.807, 2.05) is 0 Å². The summed E-state index contributed by atoms with van der Waals surface area (Å²) in [6.45, 7) is 3.59. The van der Waals surface area contributed by atoms with Gasteiger partial charge in [0.15, 0.2) is 0 Å². The lowest BCUT2D eigenvalue weighted by molar-refractivity contribution is -0.143. The highest BCUT2D eigenvalue weighted by Gasteiger charge is 2.37. The normalized spacial score (nSPS) is 11.9. The molecular weight excluding hydrogens is 438 g/mol. The van der Waals surface area contributed by atoms with Crippen LogP contribution in [0.1, 0.15) is 32.9 Å². The predicted molar refractivity (Wildman–Crippen MR) is 106 cm³/mol. The summed E-state index contributed by atoms with van der Waals surface area (Å²) in [5.74, 6) is -0.532. The van der Waals surface area contributed by atoms with E-state index in [-0.39, 0.29) is 11.6 Å². The van der Waals surface area contributed by atoms with Crippen LogP contribution in [0.15, 0.2) is 48.5 Å². The number of amides is 1. The van der Waals surface area contributed by atoms with Crippen molar-refractivity contribution in [3.8, 4) is 0 Å². The zero-order valence-corrected chi connectivity index (χ0v) is 16.7. The van der Waals surface area contributed by atoms with Crippen molar-refractivity contribution in [2.75, 3.05) is 10.6 Å². The fourth-order valence-electron chi connectivity index (χ4n) is 2.85. The smallest absolute Gasteiger partial charge is 0.324 e. The molecule has 0 bridgehead atoms. The lowest BCUT2D eigenvalue weighted by Crippen LogP contribution is -2.16. The molecule has 0 aliphatic heterocycles. The molecular formula is C21H16F6N4O. The van der Waals surface area contributed by atoms with Crippen molar-refractivity contribution in [2.24, 2.45) is 0 Å². The monoisotopic (exact) mass is 454 g/mol. The molecule has 0 aliphatic carbocycles. The molecule has 11 heteroatoms. The van der Waals surface area contributed by atoms with Crippen LogP contribution in [0, 0.1) is 13.8 Å². The zero-order valence-electron chi connectivity index (χ0n) is 16.7. The number of aromatic nitrogens is 2. The quantitative estimate of drug-likeness (QED) is 0.466. The Balaban J connectivity index is 1.80. The minimum atomic E-state index is -5.01. The van der Waals surface area contributed by atoms with Crippen LogP contribution >= 0.6 is 0 Å². The summed E-state index contributed by atoms with van der Waals surface area (Å²) in [6.07, 6.45) is -10.0. The van der Waals surface area contributed by atoms with Gasteiger partial charge in [0.1, 0.15) is 0 Å². The van der Waals surface area contributed by atoms with E-state index in [4.69, 9.17) is 0 Å². The first kappa shape index (κ1) is 23.0. The second-order valence-corrected chi connectivity index (χ2v) is 6.93. The Kier molecular flexibility index (Phi) is 6.11. The number of benzene rings is 2. The maximum absolute atomic E-state index is 13.0. The van der Waals surface area contributed by atoms with Crippen LogP contribution in [0.4, 0.5) is 43.7 Å². The molecule has 0 fully saturated rings. The van der Waals surface area contributed by atoms with Crippen LogP contribution in [0.3, 0.4) is 0 Å². The van der Waals surface area contributed by atoms with Gasteiger partial charge in [0.05, 0.1) is 11.1 Å². The number of halogens is 6. The lowest BCUT2D eigenvalue weighted by Gasteiger charge is -2.15. The van der Waals surface area contributed by atoms with Gasteiger partial charge in [0.25, 0.3) is 5.91 Å². The minimum Gasteiger partial charge on any atom is -0.324 e. The highest BCUT2D eigenvalue weighted by Crippen LogP contribution is 2.37. The Morgan fingerprint density at radius 3 is 1.72 bits per heavy atom. The van der Waals surface area contributed by atoms with Crippen molar-refractivity contribution < 1.29 is 31.1 Å². The molecule has 168 valence electrons. The van der Waals surface area contributed by atoms with Gasteiger partial charge in [-0.15, -0.1) is 0 Å². The van der Waals surface area contributed by atoms with Crippen molar-refractivity contribution in [3.05, 3.63) is 76.6 Å². The van der Waals surface area contributed by atoms with E-state index in [0.29, 0.717) is 23.8 Å². The summed E-state index contributed by atoms with van der Waals surface area (Å²) >= 11 is 0. The standard InChI is InChI=1S/C21H16F6N4O/c1-11-7-12(2)29-19(28-11)31-16-5-3-13(4-6-16)18(32)30-17-9-14(20(22,23)24)8-15(10-17)21(25,26)27/h3-10H,1-2H3,(H,30,32)(H,28,29,31). The Morgan fingerprint density at radius 1 is 0.750 bits per heavy atom. The number of alkyl halides is 6. The van der Waals surface area contributed by atoms with Gasteiger partial charge in [-0.05, 0) is 62.4 Å². The molecule has 2 N–H and O–H groups in total. The molecule has 0 saturated heterocycles. The van der Waals surface area contributed by atoms with E-state index in [0.717, 1.165) is 11.4 Å². The van der Waals surface area contributed by atoms with E-state index >= 15 is 0 Å². The summed E-state index contributed by atoms with van der Waals surface area (Å²) in [4.78, 5) is 20.8. The number of hydrogen-bond acceptors (Lipinski definition) is 4. The fourth-order valence-corrected chi connectivity index (χ4v) is 2.85. The Labute approximate surface area is 178 Å². The average molecular weight is 454 g/mol. The van der Waals surface area contributed by atoms with Crippen LogP contribution in [-0.4, -0.2) is 15.9 Å². The molecule has 0 spiro atoms. The first-order chi connectivity index (χ1) is 14.8. The van der Waals surface area contributed by atoms with Crippen LogP contribution in [0.2, 0.25) is 0 Å². The molecule has 1 amide bonds. The summed E-state index contributed by atoms with van der Waals surface area (Å²) < 4.78 is 77.8. The third-order valence-corrected chi connectivity index (χ3v) is 4.23. The van der Waals surface area contributed by atoms with E-state index in [1.165, 1.54) is 24.3 Å². The highest BCUT2D eigenvalue weighted by molar-refractivity contribution is 6.04. The summed E-state index contributed by atoms with van der Waals surface area (Å²) in [7, 11) is 0. The number of aryl methyl sites for hydroxylation is 2. The van der Waals surface area contributed by atoms with Crippen LogP contribution < -0.4 is 10.6 Å². The van der Waals surface area contributed by atoms with Crippen LogP contribution in [0.5, 0.6) is 0 Å². The molecule has 0 aliphatic rings. The number of nitrogens with zero attached hydrogens (tertiary/aromatic N) is 2. The molecule has 1 heterocycles. The number of nitrogens with one attached hydrogen (secondary N) is 2.